The zero-order valence-corrected chi connectivity index (χ0v) is 11.9. The molecule has 3 heteroatoms. The van der Waals surface area contributed by atoms with Crippen LogP contribution >= 0.6 is 0 Å². The number of carbonyl (C=O) groups excluding carboxylic acids is 1. The molecule has 0 saturated carbocycles. The van der Waals surface area contributed by atoms with Crippen LogP contribution in [0, 0.1) is 5.92 Å². The number of hydrogen-bond donors (Lipinski definition) is 0. The second kappa shape index (κ2) is 5.74. The molecule has 0 spiro atoms. The number of ether oxygens (including phenoxy) is 2. The van der Waals surface area contributed by atoms with Crippen LogP contribution < -0.4 is 4.74 Å². The minimum Gasteiger partial charge on any atom is -0.486 e. The fourth-order valence-electron chi connectivity index (χ4n) is 2.11. The van der Waals surface area contributed by atoms with E-state index in [0.717, 1.165) is 12.2 Å². The lowest BCUT2D eigenvalue weighted by Crippen LogP contribution is -2.21. The molecular weight excluding hydrogens is 240 g/mol. The molecule has 0 radical (unpaired) electrons. The molecule has 1 aliphatic heterocycles. The van der Waals surface area contributed by atoms with Crippen LogP contribution in [-0.4, -0.2) is 25.6 Å². The largest absolute Gasteiger partial charge is 0.486 e. The SMILES string of the molecule is CC(C)(C)c1cccc(OCC(=O)C2CCOC2)c1. The summed E-state index contributed by atoms with van der Waals surface area (Å²) in [5, 5.41) is 0. The Kier molecular flexibility index (Phi) is 4.25. The maximum Gasteiger partial charge on any atom is 0.175 e. The van der Waals surface area contributed by atoms with Gasteiger partial charge in [-0.05, 0) is 29.5 Å². The molecule has 0 aliphatic carbocycles. The summed E-state index contributed by atoms with van der Waals surface area (Å²) in [6.45, 7) is 7.86. The Morgan fingerprint density at radius 2 is 2.21 bits per heavy atom. The summed E-state index contributed by atoms with van der Waals surface area (Å²) in [4.78, 5) is 11.9. The van der Waals surface area contributed by atoms with Crippen molar-refractivity contribution in [1.29, 1.82) is 0 Å². The van der Waals surface area contributed by atoms with Gasteiger partial charge in [-0.25, -0.2) is 0 Å². The first kappa shape index (κ1) is 14.1. The van der Waals surface area contributed by atoms with Crippen LogP contribution in [0.4, 0.5) is 0 Å². The Morgan fingerprint density at radius 3 is 2.84 bits per heavy atom. The van der Waals surface area contributed by atoms with E-state index in [2.05, 4.69) is 26.8 Å². The second-order valence-electron chi connectivity index (χ2n) is 6.09. The van der Waals surface area contributed by atoms with Gasteiger partial charge < -0.3 is 9.47 Å². The standard InChI is InChI=1S/C16H22O3/c1-16(2,3)13-5-4-6-14(9-13)19-11-15(17)12-7-8-18-10-12/h4-6,9,12H,7-8,10-11H2,1-3H3. The fourth-order valence-corrected chi connectivity index (χ4v) is 2.11. The van der Waals surface area contributed by atoms with Crippen molar-refractivity contribution in [3.8, 4) is 5.75 Å². The molecule has 1 aromatic carbocycles. The van der Waals surface area contributed by atoms with E-state index in [9.17, 15) is 4.79 Å². The van der Waals surface area contributed by atoms with Crippen molar-refractivity contribution in [2.75, 3.05) is 19.8 Å². The Balaban J connectivity index is 1.94. The highest BCUT2D eigenvalue weighted by atomic mass is 16.5. The Morgan fingerprint density at radius 1 is 1.42 bits per heavy atom. The van der Waals surface area contributed by atoms with Crippen molar-refractivity contribution in [3.05, 3.63) is 29.8 Å². The van der Waals surface area contributed by atoms with Gasteiger partial charge in [0.05, 0.1) is 6.61 Å². The molecule has 19 heavy (non-hydrogen) atoms. The Labute approximate surface area is 114 Å². The Hall–Kier alpha value is -1.35. The van der Waals surface area contributed by atoms with E-state index in [-0.39, 0.29) is 23.7 Å². The summed E-state index contributed by atoms with van der Waals surface area (Å²) >= 11 is 0. The molecule has 0 bridgehead atoms. The van der Waals surface area contributed by atoms with Crippen LogP contribution in [0.3, 0.4) is 0 Å². The molecule has 0 amide bonds. The monoisotopic (exact) mass is 262 g/mol. The molecule has 1 aliphatic rings. The summed E-state index contributed by atoms with van der Waals surface area (Å²) in [5.74, 6) is 0.921. The van der Waals surface area contributed by atoms with Crippen molar-refractivity contribution in [1.82, 2.24) is 0 Å². The Bertz CT molecular complexity index is 440. The molecule has 1 aromatic rings. The zero-order chi connectivity index (χ0) is 13.9. The number of benzene rings is 1. The van der Waals surface area contributed by atoms with Crippen LogP contribution in [0.1, 0.15) is 32.8 Å². The molecule has 2 rings (SSSR count). The molecule has 1 heterocycles. The molecular formula is C16H22O3. The van der Waals surface area contributed by atoms with Crippen molar-refractivity contribution >= 4 is 5.78 Å². The highest BCUT2D eigenvalue weighted by Gasteiger charge is 2.23. The van der Waals surface area contributed by atoms with Gasteiger partial charge in [-0.2, -0.15) is 0 Å². The van der Waals surface area contributed by atoms with Crippen LogP contribution in [0.2, 0.25) is 0 Å². The normalized spacial score (nSPS) is 19.4. The number of Topliss-reactive ketones (excluding diaryl/α,β-unsaturated/α-hetero) is 1. The van der Waals surface area contributed by atoms with Gasteiger partial charge in [0.2, 0.25) is 0 Å². The number of hydrogen-bond acceptors (Lipinski definition) is 3. The van der Waals surface area contributed by atoms with Crippen molar-refractivity contribution < 1.29 is 14.3 Å². The van der Waals surface area contributed by atoms with Crippen molar-refractivity contribution in [2.24, 2.45) is 5.92 Å². The predicted molar refractivity (Wildman–Crippen MR) is 74.6 cm³/mol. The van der Waals surface area contributed by atoms with E-state index in [1.807, 2.05) is 18.2 Å². The van der Waals surface area contributed by atoms with Crippen LogP contribution in [0.25, 0.3) is 0 Å². The first-order chi connectivity index (χ1) is 8.97. The van der Waals surface area contributed by atoms with Gasteiger partial charge in [0, 0.05) is 12.5 Å². The molecule has 1 unspecified atom stereocenters. The summed E-state index contributed by atoms with van der Waals surface area (Å²) in [5.41, 5.74) is 1.30. The van der Waals surface area contributed by atoms with Gasteiger partial charge in [-0.3, -0.25) is 4.79 Å². The molecule has 1 fully saturated rings. The minimum atomic E-state index is 0.0193. The topological polar surface area (TPSA) is 35.5 Å². The smallest absolute Gasteiger partial charge is 0.175 e. The van der Waals surface area contributed by atoms with E-state index in [1.54, 1.807) is 0 Å². The quantitative estimate of drug-likeness (QED) is 0.837. The van der Waals surface area contributed by atoms with Gasteiger partial charge in [0.25, 0.3) is 0 Å². The van der Waals surface area contributed by atoms with Gasteiger partial charge in [0.15, 0.2) is 5.78 Å². The highest BCUT2D eigenvalue weighted by Crippen LogP contribution is 2.25. The first-order valence-corrected chi connectivity index (χ1v) is 6.80. The maximum atomic E-state index is 11.9. The van der Waals surface area contributed by atoms with E-state index < -0.39 is 0 Å². The third-order valence-corrected chi connectivity index (χ3v) is 3.47. The maximum absolute atomic E-state index is 11.9. The average molecular weight is 262 g/mol. The molecule has 1 saturated heterocycles. The molecule has 0 N–H and O–H groups in total. The number of ketones is 1. The number of rotatable bonds is 4. The second-order valence-corrected chi connectivity index (χ2v) is 6.09. The predicted octanol–water partition coefficient (Wildman–Crippen LogP) is 2.97. The lowest BCUT2D eigenvalue weighted by atomic mass is 9.87. The van der Waals surface area contributed by atoms with Crippen LogP contribution in [-0.2, 0) is 14.9 Å². The fraction of sp³-hybridized carbons (Fsp3) is 0.562. The third kappa shape index (κ3) is 3.80. The average Bonchev–Trinajstić information content (AvgIpc) is 2.89. The third-order valence-electron chi connectivity index (χ3n) is 3.47. The van der Waals surface area contributed by atoms with E-state index >= 15 is 0 Å². The number of carbonyl (C=O) groups is 1. The van der Waals surface area contributed by atoms with Gasteiger partial charge in [0.1, 0.15) is 12.4 Å². The van der Waals surface area contributed by atoms with Crippen molar-refractivity contribution in [2.45, 2.75) is 32.6 Å². The highest BCUT2D eigenvalue weighted by molar-refractivity contribution is 5.82. The first-order valence-electron chi connectivity index (χ1n) is 6.80. The van der Waals surface area contributed by atoms with Gasteiger partial charge in [-0.1, -0.05) is 32.9 Å². The van der Waals surface area contributed by atoms with E-state index in [1.165, 1.54) is 5.56 Å². The zero-order valence-electron chi connectivity index (χ0n) is 11.9. The van der Waals surface area contributed by atoms with E-state index in [4.69, 9.17) is 9.47 Å². The summed E-state index contributed by atoms with van der Waals surface area (Å²) in [6.07, 6.45) is 0.824. The summed E-state index contributed by atoms with van der Waals surface area (Å²) in [7, 11) is 0. The summed E-state index contributed by atoms with van der Waals surface area (Å²) < 4.78 is 10.8. The van der Waals surface area contributed by atoms with Crippen molar-refractivity contribution in [3.63, 3.8) is 0 Å². The minimum absolute atomic E-state index is 0.0193. The van der Waals surface area contributed by atoms with Gasteiger partial charge >= 0.3 is 0 Å². The lowest BCUT2D eigenvalue weighted by Gasteiger charge is -2.19. The molecule has 104 valence electrons. The molecule has 0 aromatic heterocycles. The summed E-state index contributed by atoms with van der Waals surface area (Å²) in [6, 6.07) is 7.96. The lowest BCUT2D eigenvalue weighted by molar-refractivity contribution is -0.124. The van der Waals surface area contributed by atoms with Crippen LogP contribution in [0.5, 0.6) is 5.75 Å². The van der Waals surface area contributed by atoms with E-state index in [0.29, 0.717) is 13.2 Å². The molecule has 1 atom stereocenters. The van der Waals surface area contributed by atoms with Crippen LogP contribution in [0.15, 0.2) is 24.3 Å². The molecule has 3 nitrogen and oxygen atoms in total. The van der Waals surface area contributed by atoms with Gasteiger partial charge in [-0.15, -0.1) is 0 Å².